The van der Waals surface area contributed by atoms with Crippen molar-refractivity contribution in [3.8, 4) is 0 Å². The van der Waals surface area contributed by atoms with Crippen LogP contribution in [0.4, 0.5) is 13.9 Å². The van der Waals surface area contributed by atoms with E-state index in [0.29, 0.717) is 5.96 Å². The second-order valence-corrected chi connectivity index (χ2v) is 6.35. The predicted octanol–water partition coefficient (Wildman–Crippen LogP) is 2.10. The molecular weight excluding hydrogens is 332 g/mol. The number of piperazine rings is 1. The Kier molecular flexibility index (Phi) is 5.24. The fraction of sp³-hybridized carbons (Fsp3) is 0.375. The largest absolute Gasteiger partial charge is 0.370 e. The molecule has 0 atom stereocenters. The number of aliphatic imine (C=N–C) groups is 1. The molecule has 1 aromatic heterocycles. The summed E-state index contributed by atoms with van der Waals surface area (Å²) in [6.45, 7) is 3.42. The lowest BCUT2D eigenvalue weighted by Gasteiger charge is -2.35. The number of halogens is 2. The summed E-state index contributed by atoms with van der Waals surface area (Å²) in [5, 5.41) is 2.97. The molecule has 1 aliphatic heterocycles. The highest BCUT2D eigenvalue weighted by atomic mass is 32.1. The van der Waals surface area contributed by atoms with Crippen LogP contribution in [0.3, 0.4) is 0 Å². The van der Waals surface area contributed by atoms with Gasteiger partial charge in [0.2, 0.25) is 0 Å². The number of guanidine groups is 1. The molecule has 0 saturated carbocycles. The van der Waals surface area contributed by atoms with Gasteiger partial charge in [-0.2, -0.15) is 0 Å². The highest BCUT2D eigenvalue weighted by Gasteiger charge is 2.19. The Hall–Kier alpha value is -2.22. The van der Waals surface area contributed by atoms with Crippen molar-refractivity contribution in [3.63, 3.8) is 0 Å². The van der Waals surface area contributed by atoms with Crippen LogP contribution in [-0.2, 0) is 6.42 Å². The van der Waals surface area contributed by atoms with Crippen LogP contribution >= 0.6 is 11.3 Å². The quantitative estimate of drug-likeness (QED) is 0.677. The van der Waals surface area contributed by atoms with Crippen molar-refractivity contribution in [1.82, 2.24) is 9.88 Å². The Morgan fingerprint density at radius 3 is 2.54 bits per heavy atom. The van der Waals surface area contributed by atoms with Gasteiger partial charge in [-0.25, -0.2) is 13.8 Å². The van der Waals surface area contributed by atoms with Crippen molar-refractivity contribution in [3.05, 3.63) is 47.0 Å². The number of nitrogens with zero attached hydrogens (tertiary/aromatic N) is 4. The van der Waals surface area contributed by atoms with Crippen molar-refractivity contribution >= 4 is 22.4 Å². The number of benzene rings is 1. The van der Waals surface area contributed by atoms with Gasteiger partial charge < -0.3 is 15.5 Å². The number of anilines is 1. The zero-order chi connectivity index (χ0) is 16.9. The van der Waals surface area contributed by atoms with Crippen molar-refractivity contribution in [2.24, 2.45) is 10.7 Å². The lowest BCUT2D eigenvalue weighted by molar-refractivity contribution is 0.380. The minimum atomic E-state index is -0.541. The zero-order valence-electron chi connectivity index (χ0n) is 13.2. The molecule has 2 aromatic rings. The number of thiazole rings is 1. The lowest BCUT2D eigenvalue weighted by atomic mass is 10.1. The van der Waals surface area contributed by atoms with Crippen LogP contribution in [0.2, 0.25) is 0 Å². The first kappa shape index (κ1) is 16.6. The average Bonchev–Trinajstić information content (AvgIpc) is 3.12. The van der Waals surface area contributed by atoms with E-state index in [2.05, 4.69) is 14.9 Å². The van der Waals surface area contributed by atoms with Crippen molar-refractivity contribution in [2.75, 3.05) is 37.6 Å². The molecule has 128 valence electrons. The Balaban J connectivity index is 1.52. The van der Waals surface area contributed by atoms with Crippen LogP contribution in [-0.4, -0.2) is 48.6 Å². The van der Waals surface area contributed by atoms with Crippen LogP contribution in [0.25, 0.3) is 0 Å². The van der Waals surface area contributed by atoms with Gasteiger partial charge in [-0.15, -0.1) is 11.3 Å². The first-order chi connectivity index (χ1) is 11.6. The molecule has 2 N–H and O–H groups in total. The Labute approximate surface area is 143 Å². The van der Waals surface area contributed by atoms with E-state index in [4.69, 9.17) is 5.73 Å². The molecule has 5 nitrogen and oxygen atoms in total. The number of hydrogen-bond acceptors (Lipinski definition) is 4. The SMILES string of the molecule is NC(=NCCc1c(F)cccc1F)N1CCN(c2nccs2)CC1. The maximum atomic E-state index is 13.6. The van der Waals surface area contributed by atoms with Gasteiger partial charge in [0, 0.05) is 49.9 Å². The Bertz CT molecular complexity index is 676. The third-order valence-electron chi connectivity index (χ3n) is 3.99. The van der Waals surface area contributed by atoms with E-state index >= 15 is 0 Å². The topological polar surface area (TPSA) is 57.8 Å². The molecule has 1 aromatic carbocycles. The first-order valence-corrected chi connectivity index (χ1v) is 8.65. The molecule has 1 saturated heterocycles. The second-order valence-electron chi connectivity index (χ2n) is 5.48. The Morgan fingerprint density at radius 2 is 1.92 bits per heavy atom. The van der Waals surface area contributed by atoms with E-state index in [-0.39, 0.29) is 18.5 Å². The summed E-state index contributed by atoms with van der Waals surface area (Å²) in [6.07, 6.45) is 1.99. The normalized spacial score (nSPS) is 15.8. The van der Waals surface area contributed by atoms with E-state index in [1.165, 1.54) is 18.2 Å². The molecule has 3 rings (SSSR count). The van der Waals surface area contributed by atoms with Crippen molar-refractivity contribution in [2.45, 2.75) is 6.42 Å². The summed E-state index contributed by atoms with van der Waals surface area (Å²) >= 11 is 1.62. The van der Waals surface area contributed by atoms with Crippen LogP contribution in [0.15, 0.2) is 34.8 Å². The average molecular weight is 351 g/mol. The molecule has 0 bridgehead atoms. The molecule has 0 spiro atoms. The third-order valence-corrected chi connectivity index (χ3v) is 4.82. The first-order valence-electron chi connectivity index (χ1n) is 7.77. The van der Waals surface area contributed by atoms with E-state index in [1.807, 2.05) is 10.3 Å². The number of nitrogens with two attached hydrogens (primary N) is 1. The molecule has 1 aliphatic rings. The summed E-state index contributed by atoms with van der Waals surface area (Å²) in [5.74, 6) is -0.660. The van der Waals surface area contributed by atoms with E-state index in [1.54, 1.807) is 17.5 Å². The minimum Gasteiger partial charge on any atom is -0.370 e. The summed E-state index contributed by atoms with van der Waals surface area (Å²) in [4.78, 5) is 12.8. The molecule has 0 aliphatic carbocycles. The highest BCUT2D eigenvalue weighted by molar-refractivity contribution is 7.13. The molecule has 0 amide bonds. The smallest absolute Gasteiger partial charge is 0.191 e. The van der Waals surface area contributed by atoms with Gasteiger partial charge in [-0.05, 0) is 18.6 Å². The van der Waals surface area contributed by atoms with Crippen molar-refractivity contribution < 1.29 is 8.78 Å². The lowest BCUT2D eigenvalue weighted by Crippen LogP contribution is -2.51. The van der Waals surface area contributed by atoms with Crippen molar-refractivity contribution in [1.29, 1.82) is 0 Å². The minimum absolute atomic E-state index is 0.0580. The van der Waals surface area contributed by atoms with E-state index < -0.39 is 11.6 Å². The van der Waals surface area contributed by atoms with Crippen LogP contribution in [0.1, 0.15) is 5.56 Å². The number of rotatable bonds is 4. The highest BCUT2D eigenvalue weighted by Crippen LogP contribution is 2.18. The van der Waals surface area contributed by atoms with Crippen LogP contribution in [0, 0.1) is 11.6 Å². The van der Waals surface area contributed by atoms with Gasteiger partial charge in [0.1, 0.15) is 11.6 Å². The van der Waals surface area contributed by atoms with Gasteiger partial charge >= 0.3 is 0 Å². The van der Waals surface area contributed by atoms with Gasteiger partial charge in [0.15, 0.2) is 11.1 Å². The van der Waals surface area contributed by atoms with Gasteiger partial charge in [-0.3, -0.25) is 4.99 Å². The monoisotopic (exact) mass is 351 g/mol. The standard InChI is InChI=1S/C16H19F2N5S/c17-13-2-1-3-14(18)12(13)4-5-20-15(19)22-7-9-23(10-8-22)16-21-6-11-24-16/h1-3,6,11H,4-5,7-10H2,(H2,19,20). The van der Waals surface area contributed by atoms with E-state index in [0.717, 1.165) is 31.3 Å². The Morgan fingerprint density at radius 1 is 1.21 bits per heavy atom. The molecule has 0 radical (unpaired) electrons. The maximum Gasteiger partial charge on any atom is 0.191 e. The van der Waals surface area contributed by atoms with Crippen LogP contribution in [0.5, 0.6) is 0 Å². The molecule has 24 heavy (non-hydrogen) atoms. The fourth-order valence-corrected chi connectivity index (χ4v) is 3.35. The second kappa shape index (κ2) is 7.57. The molecule has 0 unspecified atom stereocenters. The molecule has 2 heterocycles. The number of hydrogen-bond donors (Lipinski definition) is 1. The van der Waals surface area contributed by atoms with Gasteiger partial charge in [-0.1, -0.05) is 6.07 Å². The summed E-state index contributed by atoms with van der Waals surface area (Å²) in [5.41, 5.74) is 6.07. The zero-order valence-corrected chi connectivity index (χ0v) is 14.0. The molecular formula is C16H19F2N5S. The molecule has 8 heteroatoms. The van der Waals surface area contributed by atoms with E-state index in [9.17, 15) is 8.78 Å². The predicted molar refractivity (Wildman–Crippen MR) is 92.5 cm³/mol. The summed E-state index contributed by atoms with van der Waals surface area (Å²) < 4.78 is 27.1. The summed E-state index contributed by atoms with van der Waals surface area (Å²) in [6, 6.07) is 3.86. The fourth-order valence-electron chi connectivity index (χ4n) is 2.65. The van der Waals surface area contributed by atoms with Gasteiger partial charge in [0.25, 0.3) is 0 Å². The number of aromatic nitrogens is 1. The van der Waals surface area contributed by atoms with Gasteiger partial charge in [0.05, 0.1) is 0 Å². The third kappa shape index (κ3) is 3.81. The summed E-state index contributed by atoms with van der Waals surface area (Å²) in [7, 11) is 0. The maximum absolute atomic E-state index is 13.6. The molecule has 1 fully saturated rings. The van der Waals surface area contributed by atoms with Crippen LogP contribution < -0.4 is 10.6 Å².